The summed E-state index contributed by atoms with van der Waals surface area (Å²) >= 11 is 0. The molecule has 2 heterocycles. The normalized spacial score (nSPS) is 20.9. The van der Waals surface area contributed by atoms with E-state index in [2.05, 4.69) is 30.5 Å². The average molecular weight is 265 g/mol. The Morgan fingerprint density at radius 1 is 1.53 bits per heavy atom. The monoisotopic (exact) mass is 265 g/mol. The van der Waals surface area contributed by atoms with Crippen LogP contribution in [0.4, 0.5) is 0 Å². The molecule has 2 unspecified atom stereocenters. The maximum atomic E-state index is 5.73. The van der Waals surface area contributed by atoms with Crippen molar-refractivity contribution in [2.45, 2.75) is 58.1 Å². The third-order valence-electron chi connectivity index (χ3n) is 3.90. The Morgan fingerprint density at radius 3 is 3.00 bits per heavy atom. The van der Waals surface area contributed by atoms with Crippen LogP contribution in [0, 0.1) is 0 Å². The van der Waals surface area contributed by atoms with Gasteiger partial charge in [0.2, 0.25) is 0 Å². The molecule has 0 amide bonds. The SMILES string of the molecule is CCNC(CCC1CCCO1)c1cn(C)nc1CC. The summed E-state index contributed by atoms with van der Waals surface area (Å²) in [5.74, 6) is 0. The molecule has 19 heavy (non-hydrogen) atoms. The Morgan fingerprint density at radius 2 is 2.37 bits per heavy atom. The average Bonchev–Trinajstić information content (AvgIpc) is 3.03. The predicted molar refractivity (Wildman–Crippen MR) is 77.2 cm³/mol. The van der Waals surface area contributed by atoms with Gasteiger partial charge in [0.05, 0.1) is 11.8 Å². The fraction of sp³-hybridized carbons (Fsp3) is 0.800. The van der Waals surface area contributed by atoms with Gasteiger partial charge in [0.1, 0.15) is 0 Å². The fourth-order valence-electron chi connectivity index (χ4n) is 2.96. The number of hydrogen-bond donors (Lipinski definition) is 1. The van der Waals surface area contributed by atoms with Gasteiger partial charge in [-0.1, -0.05) is 13.8 Å². The summed E-state index contributed by atoms with van der Waals surface area (Å²) in [6.07, 6.45) is 8.38. The van der Waals surface area contributed by atoms with E-state index in [1.165, 1.54) is 24.1 Å². The highest BCUT2D eigenvalue weighted by molar-refractivity contribution is 5.21. The lowest BCUT2D eigenvalue weighted by atomic mass is 9.99. The summed E-state index contributed by atoms with van der Waals surface area (Å²) in [6.45, 7) is 6.29. The van der Waals surface area contributed by atoms with E-state index in [0.29, 0.717) is 12.1 Å². The zero-order chi connectivity index (χ0) is 13.7. The summed E-state index contributed by atoms with van der Waals surface area (Å²) in [5, 5.41) is 8.16. The minimum atomic E-state index is 0.415. The number of ether oxygens (including phenoxy) is 1. The van der Waals surface area contributed by atoms with E-state index in [1.54, 1.807) is 0 Å². The molecule has 0 aromatic carbocycles. The zero-order valence-electron chi connectivity index (χ0n) is 12.5. The zero-order valence-corrected chi connectivity index (χ0v) is 12.5. The maximum Gasteiger partial charge on any atom is 0.0669 e. The molecule has 1 saturated heterocycles. The predicted octanol–water partition coefficient (Wildman–Crippen LogP) is 2.59. The van der Waals surface area contributed by atoms with Gasteiger partial charge in [0.15, 0.2) is 0 Å². The van der Waals surface area contributed by atoms with Crippen molar-refractivity contribution in [1.82, 2.24) is 15.1 Å². The van der Waals surface area contributed by atoms with E-state index < -0.39 is 0 Å². The quantitative estimate of drug-likeness (QED) is 0.823. The van der Waals surface area contributed by atoms with Crippen LogP contribution >= 0.6 is 0 Å². The van der Waals surface area contributed by atoms with Gasteiger partial charge in [-0.2, -0.15) is 5.10 Å². The van der Waals surface area contributed by atoms with Gasteiger partial charge in [0.25, 0.3) is 0 Å². The molecule has 1 aliphatic rings. The molecule has 108 valence electrons. The van der Waals surface area contributed by atoms with Gasteiger partial charge in [-0.05, 0) is 38.6 Å². The Balaban J connectivity index is 2.00. The first-order valence-corrected chi connectivity index (χ1v) is 7.62. The van der Waals surface area contributed by atoms with E-state index in [1.807, 2.05) is 11.7 Å². The first-order valence-electron chi connectivity index (χ1n) is 7.62. The third-order valence-corrected chi connectivity index (χ3v) is 3.90. The first kappa shape index (κ1) is 14.5. The summed E-state index contributed by atoms with van der Waals surface area (Å²) in [4.78, 5) is 0. The van der Waals surface area contributed by atoms with Crippen LogP contribution in [0.25, 0.3) is 0 Å². The van der Waals surface area contributed by atoms with Crippen LogP contribution in [-0.4, -0.2) is 29.0 Å². The van der Waals surface area contributed by atoms with E-state index in [4.69, 9.17) is 4.74 Å². The largest absolute Gasteiger partial charge is 0.378 e. The number of nitrogens with zero attached hydrogens (tertiary/aromatic N) is 2. The molecule has 1 N–H and O–H groups in total. The minimum Gasteiger partial charge on any atom is -0.378 e. The number of rotatable bonds is 7. The number of aryl methyl sites for hydroxylation is 2. The first-order chi connectivity index (χ1) is 9.24. The van der Waals surface area contributed by atoms with Crippen molar-refractivity contribution < 1.29 is 4.74 Å². The van der Waals surface area contributed by atoms with Crippen molar-refractivity contribution in [2.24, 2.45) is 7.05 Å². The molecule has 2 atom stereocenters. The fourth-order valence-corrected chi connectivity index (χ4v) is 2.96. The van der Waals surface area contributed by atoms with Gasteiger partial charge in [-0.3, -0.25) is 4.68 Å². The highest BCUT2D eigenvalue weighted by Gasteiger charge is 2.21. The topological polar surface area (TPSA) is 39.1 Å². The summed E-state index contributed by atoms with van der Waals surface area (Å²) < 4.78 is 7.67. The molecule has 1 fully saturated rings. The molecule has 0 saturated carbocycles. The van der Waals surface area contributed by atoms with Crippen molar-refractivity contribution in [3.8, 4) is 0 Å². The lowest BCUT2D eigenvalue weighted by Crippen LogP contribution is -2.23. The molecule has 0 aliphatic carbocycles. The number of hydrogen-bond acceptors (Lipinski definition) is 3. The molecular weight excluding hydrogens is 238 g/mol. The van der Waals surface area contributed by atoms with Crippen LogP contribution in [0.2, 0.25) is 0 Å². The van der Waals surface area contributed by atoms with Gasteiger partial charge in [-0.15, -0.1) is 0 Å². The highest BCUT2D eigenvalue weighted by atomic mass is 16.5. The second-order valence-electron chi connectivity index (χ2n) is 5.38. The van der Waals surface area contributed by atoms with Crippen LogP contribution in [0.5, 0.6) is 0 Å². The lowest BCUT2D eigenvalue weighted by molar-refractivity contribution is 0.0996. The molecule has 0 spiro atoms. The van der Waals surface area contributed by atoms with Gasteiger partial charge >= 0.3 is 0 Å². The molecule has 0 bridgehead atoms. The molecule has 0 radical (unpaired) electrons. The Hall–Kier alpha value is -0.870. The van der Waals surface area contributed by atoms with Crippen LogP contribution < -0.4 is 5.32 Å². The van der Waals surface area contributed by atoms with Crippen molar-refractivity contribution in [1.29, 1.82) is 0 Å². The van der Waals surface area contributed by atoms with Gasteiger partial charge < -0.3 is 10.1 Å². The second kappa shape index (κ2) is 7.06. The third kappa shape index (κ3) is 3.80. The van der Waals surface area contributed by atoms with Gasteiger partial charge in [0, 0.05) is 31.5 Å². The molecule has 1 aliphatic heterocycles. The van der Waals surface area contributed by atoms with E-state index >= 15 is 0 Å². The summed E-state index contributed by atoms with van der Waals surface area (Å²) in [6, 6.07) is 0.415. The van der Waals surface area contributed by atoms with Crippen LogP contribution in [0.15, 0.2) is 6.20 Å². The molecule has 4 heteroatoms. The summed E-state index contributed by atoms with van der Waals surface area (Å²) in [7, 11) is 2.01. The highest BCUT2D eigenvalue weighted by Crippen LogP contribution is 2.26. The van der Waals surface area contributed by atoms with Crippen LogP contribution in [0.1, 0.15) is 56.8 Å². The summed E-state index contributed by atoms with van der Waals surface area (Å²) in [5.41, 5.74) is 2.59. The van der Waals surface area contributed by atoms with Crippen LogP contribution in [0.3, 0.4) is 0 Å². The molecule has 1 aromatic heterocycles. The molecular formula is C15H27N3O. The smallest absolute Gasteiger partial charge is 0.0669 e. The van der Waals surface area contributed by atoms with E-state index in [-0.39, 0.29) is 0 Å². The maximum absolute atomic E-state index is 5.73. The molecule has 2 rings (SSSR count). The van der Waals surface area contributed by atoms with Crippen LogP contribution in [-0.2, 0) is 18.2 Å². The van der Waals surface area contributed by atoms with E-state index in [9.17, 15) is 0 Å². The van der Waals surface area contributed by atoms with E-state index in [0.717, 1.165) is 32.4 Å². The van der Waals surface area contributed by atoms with Crippen molar-refractivity contribution in [3.63, 3.8) is 0 Å². The molecule has 1 aromatic rings. The van der Waals surface area contributed by atoms with Crippen molar-refractivity contribution in [2.75, 3.05) is 13.2 Å². The lowest BCUT2D eigenvalue weighted by Gasteiger charge is -2.19. The molecule has 4 nitrogen and oxygen atoms in total. The Kier molecular flexibility index (Phi) is 5.40. The van der Waals surface area contributed by atoms with Gasteiger partial charge in [-0.25, -0.2) is 0 Å². The standard InChI is InChI=1S/C15H27N3O/c1-4-14-13(11-18(3)17-14)15(16-5-2)9-8-12-7-6-10-19-12/h11-12,15-16H,4-10H2,1-3H3. The number of aromatic nitrogens is 2. The van der Waals surface area contributed by atoms with Crippen molar-refractivity contribution in [3.05, 3.63) is 17.5 Å². The minimum absolute atomic E-state index is 0.415. The Labute approximate surface area is 116 Å². The number of nitrogens with one attached hydrogen (secondary N) is 1. The Bertz CT molecular complexity index is 383. The van der Waals surface area contributed by atoms with Crippen molar-refractivity contribution >= 4 is 0 Å². The second-order valence-corrected chi connectivity index (χ2v) is 5.38.